The zero-order chi connectivity index (χ0) is 18.6. The van der Waals surface area contributed by atoms with Crippen LogP contribution in [0.5, 0.6) is 0 Å². The Labute approximate surface area is 158 Å². The average Bonchev–Trinajstić information content (AvgIpc) is 2.61. The van der Waals surface area contributed by atoms with Crippen LogP contribution in [0.2, 0.25) is 5.02 Å². The van der Waals surface area contributed by atoms with Crippen LogP contribution < -0.4 is 10.0 Å². The van der Waals surface area contributed by atoms with Gasteiger partial charge in [-0.05, 0) is 55.3 Å². The van der Waals surface area contributed by atoms with Crippen LogP contribution in [0.25, 0.3) is 10.9 Å². The summed E-state index contributed by atoms with van der Waals surface area (Å²) in [5.74, 6) is 0. The van der Waals surface area contributed by atoms with E-state index in [0.29, 0.717) is 24.5 Å². The zero-order valence-corrected chi connectivity index (χ0v) is 15.9. The molecule has 0 bridgehead atoms. The van der Waals surface area contributed by atoms with Crippen LogP contribution in [0, 0.1) is 6.92 Å². The minimum absolute atomic E-state index is 0.213. The first-order valence-electron chi connectivity index (χ1n) is 8.30. The molecule has 0 fully saturated rings. The van der Waals surface area contributed by atoms with Gasteiger partial charge in [-0.25, -0.2) is 13.1 Å². The Morgan fingerprint density at radius 3 is 2.58 bits per heavy atom. The summed E-state index contributed by atoms with van der Waals surface area (Å²) in [6.07, 6.45) is 2.43. The molecule has 7 heteroatoms. The number of pyridine rings is 1. The van der Waals surface area contributed by atoms with Crippen molar-refractivity contribution in [1.29, 1.82) is 0 Å². The van der Waals surface area contributed by atoms with Gasteiger partial charge in [-0.2, -0.15) is 0 Å². The van der Waals surface area contributed by atoms with Crippen LogP contribution >= 0.6 is 11.6 Å². The molecule has 5 nitrogen and oxygen atoms in total. The van der Waals surface area contributed by atoms with Crippen molar-refractivity contribution < 1.29 is 8.42 Å². The number of fused-ring (bicyclic) bond motifs is 1. The Hall–Kier alpha value is -2.15. The molecule has 2 N–H and O–H groups in total. The van der Waals surface area contributed by atoms with E-state index in [2.05, 4.69) is 21.1 Å². The monoisotopic (exact) mass is 389 g/mol. The van der Waals surface area contributed by atoms with Crippen molar-refractivity contribution in [2.45, 2.75) is 18.2 Å². The van der Waals surface area contributed by atoms with E-state index < -0.39 is 10.0 Å². The van der Waals surface area contributed by atoms with Crippen LogP contribution in [0.1, 0.15) is 12.0 Å². The van der Waals surface area contributed by atoms with E-state index in [0.717, 1.165) is 16.6 Å². The Balaban J connectivity index is 1.54. The lowest BCUT2D eigenvalue weighted by atomic mass is 10.1. The molecule has 136 valence electrons. The fraction of sp³-hybridized carbons (Fsp3) is 0.211. The summed E-state index contributed by atoms with van der Waals surface area (Å²) in [4.78, 5) is 4.59. The molecule has 26 heavy (non-hydrogen) atoms. The smallest absolute Gasteiger partial charge is 0.240 e. The highest BCUT2D eigenvalue weighted by atomic mass is 35.5. The summed E-state index contributed by atoms with van der Waals surface area (Å²) >= 11 is 5.79. The maximum Gasteiger partial charge on any atom is 0.240 e. The number of rotatable bonds is 7. The molecule has 0 aliphatic heterocycles. The van der Waals surface area contributed by atoms with Gasteiger partial charge in [0.15, 0.2) is 0 Å². The van der Waals surface area contributed by atoms with Gasteiger partial charge < -0.3 is 5.32 Å². The van der Waals surface area contributed by atoms with Crippen LogP contribution in [0.4, 0.5) is 5.69 Å². The Bertz CT molecular complexity index is 1000. The first-order valence-corrected chi connectivity index (χ1v) is 10.2. The number of halogens is 1. The van der Waals surface area contributed by atoms with Crippen molar-refractivity contribution in [3.63, 3.8) is 0 Å². The number of hydrogen-bond acceptors (Lipinski definition) is 4. The molecule has 0 unspecified atom stereocenters. The molecule has 2 aromatic carbocycles. The minimum atomic E-state index is -3.51. The number of sulfonamides is 1. The van der Waals surface area contributed by atoms with Gasteiger partial charge in [-0.1, -0.05) is 23.7 Å². The van der Waals surface area contributed by atoms with E-state index in [1.165, 1.54) is 17.7 Å². The first kappa shape index (κ1) is 18.6. The highest BCUT2D eigenvalue weighted by Gasteiger charge is 2.12. The quantitative estimate of drug-likeness (QED) is 0.599. The van der Waals surface area contributed by atoms with Gasteiger partial charge in [0.25, 0.3) is 0 Å². The van der Waals surface area contributed by atoms with Gasteiger partial charge in [0, 0.05) is 35.4 Å². The molecule has 0 spiro atoms. The second kappa shape index (κ2) is 8.03. The standard InChI is InChI=1S/C19H20ClN3O2S/c1-14-3-8-17-18(9-12-22-19(17)13-14)21-10-2-11-23-26(24,25)16-6-4-15(20)5-7-16/h3-9,12-13,23H,2,10-11H2,1H3,(H,21,22). The van der Waals surface area contributed by atoms with Crippen molar-refractivity contribution in [1.82, 2.24) is 9.71 Å². The van der Waals surface area contributed by atoms with Gasteiger partial charge in [0.2, 0.25) is 10.0 Å². The molecular weight excluding hydrogens is 370 g/mol. The molecule has 0 radical (unpaired) electrons. The van der Waals surface area contributed by atoms with Gasteiger partial charge >= 0.3 is 0 Å². The Morgan fingerprint density at radius 1 is 1.04 bits per heavy atom. The molecular formula is C19H20ClN3O2S. The molecule has 0 atom stereocenters. The van der Waals surface area contributed by atoms with E-state index in [-0.39, 0.29) is 4.90 Å². The predicted molar refractivity (Wildman–Crippen MR) is 106 cm³/mol. The van der Waals surface area contributed by atoms with Crippen LogP contribution in [-0.4, -0.2) is 26.5 Å². The SMILES string of the molecule is Cc1ccc2c(NCCCNS(=O)(=O)c3ccc(Cl)cc3)ccnc2c1. The van der Waals surface area contributed by atoms with E-state index in [1.54, 1.807) is 18.3 Å². The molecule has 3 rings (SSSR count). The topological polar surface area (TPSA) is 71.1 Å². The third kappa shape index (κ3) is 4.52. The van der Waals surface area contributed by atoms with Crippen molar-refractivity contribution in [3.8, 4) is 0 Å². The Kier molecular flexibility index (Phi) is 5.76. The van der Waals surface area contributed by atoms with E-state index in [1.807, 2.05) is 25.1 Å². The summed E-state index contributed by atoms with van der Waals surface area (Å²) in [7, 11) is -3.51. The largest absolute Gasteiger partial charge is 0.384 e. The third-order valence-corrected chi connectivity index (χ3v) is 5.71. The molecule has 1 heterocycles. The predicted octanol–water partition coefficient (Wildman–Crippen LogP) is 3.98. The average molecular weight is 390 g/mol. The second-order valence-electron chi connectivity index (χ2n) is 6.01. The number of aromatic nitrogens is 1. The minimum Gasteiger partial charge on any atom is -0.384 e. The van der Waals surface area contributed by atoms with Crippen molar-refractivity contribution in [3.05, 3.63) is 65.3 Å². The fourth-order valence-corrected chi connectivity index (χ4v) is 3.83. The molecule has 1 aromatic heterocycles. The summed E-state index contributed by atoms with van der Waals surface area (Å²) < 4.78 is 27.0. The number of nitrogens with one attached hydrogen (secondary N) is 2. The molecule has 0 saturated carbocycles. The highest BCUT2D eigenvalue weighted by molar-refractivity contribution is 7.89. The summed E-state index contributed by atoms with van der Waals surface area (Å²) in [5, 5.41) is 4.91. The first-order chi connectivity index (χ1) is 12.5. The summed E-state index contributed by atoms with van der Waals surface area (Å²) in [6, 6.07) is 14.2. The zero-order valence-electron chi connectivity index (χ0n) is 14.4. The van der Waals surface area contributed by atoms with E-state index in [9.17, 15) is 8.42 Å². The highest BCUT2D eigenvalue weighted by Crippen LogP contribution is 2.22. The van der Waals surface area contributed by atoms with E-state index in [4.69, 9.17) is 11.6 Å². The van der Waals surface area contributed by atoms with Crippen LogP contribution in [0.15, 0.2) is 59.6 Å². The van der Waals surface area contributed by atoms with Crippen LogP contribution in [0.3, 0.4) is 0 Å². The maximum atomic E-state index is 12.2. The van der Waals surface area contributed by atoms with Gasteiger partial charge in [0.1, 0.15) is 0 Å². The van der Waals surface area contributed by atoms with E-state index >= 15 is 0 Å². The Morgan fingerprint density at radius 2 is 1.81 bits per heavy atom. The third-order valence-electron chi connectivity index (χ3n) is 3.98. The lowest BCUT2D eigenvalue weighted by Crippen LogP contribution is -2.26. The van der Waals surface area contributed by atoms with Gasteiger partial charge in [-0.3, -0.25) is 4.98 Å². The van der Waals surface area contributed by atoms with Crippen molar-refractivity contribution >= 4 is 38.2 Å². The fourth-order valence-electron chi connectivity index (χ4n) is 2.63. The number of nitrogens with zero attached hydrogens (tertiary/aromatic N) is 1. The number of anilines is 1. The lowest BCUT2D eigenvalue weighted by Gasteiger charge is -2.10. The summed E-state index contributed by atoms with van der Waals surface area (Å²) in [5.41, 5.74) is 3.10. The molecule has 0 aliphatic carbocycles. The molecule has 3 aromatic rings. The van der Waals surface area contributed by atoms with Gasteiger partial charge in [-0.15, -0.1) is 0 Å². The van der Waals surface area contributed by atoms with Gasteiger partial charge in [0.05, 0.1) is 10.4 Å². The second-order valence-corrected chi connectivity index (χ2v) is 8.21. The normalized spacial score (nSPS) is 11.6. The maximum absolute atomic E-state index is 12.2. The summed E-state index contributed by atoms with van der Waals surface area (Å²) in [6.45, 7) is 3.03. The van der Waals surface area contributed by atoms with Crippen LogP contribution in [-0.2, 0) is 10.0 Å². The number of aryl methyl sites for hydroxylation is 1. The lowest BCUT2D eigenvalue weighted by molar-refractivity contribution is 0.580. The molecule has 0 saturated heterocycles. The number of benzene rings is 2. The molecule has 0 aliphatic rings. The van der Waals surface area contributed by atoms with Crippen molar-refractivity contribution in [2.75, 3.05) is 18.4 Å². The number of hydrogen-bond donors (Lipinski definition) is 2. The molecule has 0 amide bonds. The van der Waals surface area contributed by atoms with Crippen molar-refractivity contribution in [2.24, 2.45) is 0 Å².